The lowest BCUT2D eigenvalue weighted by Gasteiger charge is -2.10. The van der Waals surface area contributed by atoms with E-state index in [4.69, 9.17) is 4.74 Å². The second-order valence-electron chi connectivity index (χ2n) is 5.07. The summed E-state index contributed by atoms with van der Waals surface area (Å²) < 4.78 is 5.43. The Bertz CT molecular complexity index is 735. The van der Waals surface area contributed by atoms with Gasteiger partial charge in [-0.3, -0.25) is 4.79 Å². The van der Waals surface area contributed by atoms with Gasteiger partial charge in [-0.25, -0.2) is 0 Å². The Kier molecular flexibility index (Phi) is 6.14. The van der Waals surface area contributed by atoms with Gasteiger partial charge in [-0.2, -0.15) is 0 Å². The Morgan fingerprint density at radius 3 is 2.50 bits per heavy atom. The number of hydrogen-bond donors (Lipinski definition) is 1. The minimum absolute atomic E-state index is 0.105. The molecule has 1 amide bonds. The van der Waals surface area contributed by atoms with Gasteiger partial charge >= 0.3 is 0 Å². The summed E-state index contributed by atoms with van der Waals surface area (Å²) in [6, 6.07) is 14.4. The fourth-order valence-electron chi connectivity index (χ4n) is 2.13. The van der Waals surface area contributed by atoms with Crippen LogP contribution in [0.2, 0.25) is 0 Å². The van der Waals surface area contributed by atoms with Crippen LogP contribution in [0.3, 0.4) is 0 Å². The molecule has 0 aliphatic rings. The summed E-state index contributed by atoms with van der Waals surface area (Å²) in [7, 11) is 0. The lowest BCUT2D eigenvalue weighted by molar-refractivity contribution is -0.297. The first-order valence-electron chi connectivity index (χ1n) is 7.58. The number of para-hydroxylation sites is 1. The van der Waals surface area contributed by atoms with Crippen molar-refractivity contribution in [3.8, 4) is 5.75 Å². The number of aliphatic carboxylic acids is 1. The molecule has 0 heterocycles. The van der Waals surface area contributed by atoms with Gasteiger partial charge in [0.1, 0.15) is 5.75 Å². The van der Waals surface area contributed by atoms with Crippen molar-refractivity contribution in [1.29, 1.82) is 0 Å². The Balaban J connectivity index is 1.88. The van der Waals surface area contributed by atoms with E-state index in [1.165, 1.54) is 6.08 Å². The van der Waals surface area contributed by atoms with E-state index < -0.39 is 5.97 Å². The second kappa shape index (κ2) is 8.53. The van der Waals surface area contributed by atoms with E-state index in [1.807, 2.05) is 31.2 Å². The Morgan fingerprint density at radius 2 is 1.83 bits per heavy atom. The van der Waals surface area contributed by atoms with Crippen LogP contribution >= 0.6 is 0 Å². The highest BCUT2D eigenvalue weighted by Crippen LogP contribution is 2.16. The SMILES string of the molecule is CCc1ccccc1NC(=O)COc1ccc(/C=C/C(=O)[O-])cc1. The zero-order chi connectivity index (χ0) is 17.4. The highest BCUT2D eigenvalue weighted by molar-refractivity contribution is 5.92. The molecule has 0 unspecified atom stereocenters. The predicted molar refractivity (Wildman–Crippen MR) is 90.4 cm³/mol. The summed E-state index contributed by atoms with van der Waals surface area (Å²) >= 11 is 0. The largest absolute Gasteiger partial charge is 0.545 e. The summed E-state index contributed by atoms with van der Waals surface area (Å²) in [5.74, 6) is -0.962. The molecule has 1 N–H and O–H groups in total. The van der Waals surface area contributed by atoms with E-state index in [1.54, 1.807) is 24.3 Å². The smallest absolute Gasteiger partial charge is 0.262 e. The highest BCUT2D eigenvalue weighted by atomic mass is 16.5. The molecule has 5 heteroatoms. The van der Waals surface area contributed by atoms with Gasteiger partial charge in [-0.15, -0.1) is 0 Å². The molecule has 0 atom stereocenters. The molecule has 0 fully saturated rings. The summed E-state index contributed by atoms with van der Waals surface area (Å²) in [5, 5.41) is 13.2. The molecule has 0 aliphatic heterocycles. The molecular weight excluding hydrogens is 306 g/mol. The number of amides is 1. The van der Waals surface area contributed by atoms with Crippen LogP contribution in [0.5, 0.6) is 5.75 Å². The Morgan fingerprint density at radius 1 is 1.12 bits per heavy atom. The van der Waals surface area contributed by atoms with Crippen LogP contribution in [0.1, 0.15) is 18.1 Å². The first kappa shape index (κ1) is 17.3. The van der Waals surface area contributed by atoms with Gasteiger partial charge in [0.2, 0.25) is 0 Å². The normalized spacial score (nSPS) is 10.5. The summed E-state index contributed by atoms with van der Waals surface area (Å²) in [4.78, 5) is 22.3. The molecule has 0 radical (unpaired) electrons. The minimum atomic E-state index is -1.25. The van der Waals surface area contributed by atoms with Crippen molar-refractivity contribution in [2.45, 2.75) is 13.3 Å². The molecule has 0 saturated carbocycles. The minimum Gasteiger partial charge on any atom is -0.545 e. The quantitative estimate of drug-likeness (QED) is 0.791. The fourth-order valence-corrected chi connectivity index (χ4v) is 2.13. The Labute approximate surface area is 140 Å². The maximum absolute atomic E-state index is 12.0. The van der Waals surface area contributed by atoms with Crippen molar-refractivity contribution in [2.75, 3.05) is 11.9 Å². The molecule has 0 saturated heterocycles. The average molecular weight is 324 g/mol. The Hall–Kier alpha value is -3.08. The monoisotopic (exact) mass is 324 g/mol. The number of hydrogen-bond acceptors (Lipinski definition) is 4. The van der Waals surface area contributed by atoms with Crippen molar-refractivity contribution >= 4 is 23.6 Å². The third-order valence-corrected chi connectivity index (χ3v) is 3.33. The van der Waals surface area contributed by atoms with E-state index in [-0.39, 0.29) is 12.5 Å². The number of anilines is 1. The number of aryl methyl sites for hydroxylation is 1. The molecule has 124 valence electrons. The van der Waals surface area contributed by atoms with Crippen LogP contribution in [0, 0.1) is 0 Å². The van der Waals surface area contributed by atoms with E-state index >= 15 is 0 Å². The third-order valence-electron chi connectivity index (χ3n) is 3.33. The second-order valence-corrected chi connectivity index (χ2v) is 5.07. The number of nitrogens with one attached hydrogen (secondary N) is 1. The molecular formula is C19H18NO4-. The molecule has 2 rings (SSSR count). The molecule has 2 aromatic rings. The van der Waals surface area contributed by atoms with E-state index in [0.29, 0.717) is 11.3 Å². The molecule has 5 nitrogen and oxygen atoms in total. The number of ether oxygens (including phenoxy) is 1. The maximum Gasteiger partial charge on any atom is 0.262 e. The van der Waals surface area contributed by atoms with Gasteiger partial charge in [-0.05, 0) is 41.8 Å². The van der Waals surface area contributed by atoms with Crippen LogP contribution < -0.4 is 15.2 Å². The summed E-state index contributed by atoms with van der Waals surface area (Å²) in [6.45, 7) is 1.92. The zero-order valence-electron chi connectivity index (χ0n) is 13.3. The first-order chi connectivity index (χ1) is 11.6. The van der Waals surface area contributed by atoms with Gasteiger partial charge in [-0.1, -0.05) is 43.3 Å². The molecule has 0 aliphatic carbocycles. The molecule has 0 bridgehead atoms. The predicted octanol–water partition coefficient (Wildman–Crippen LogP) is 2.03. The third kappa shape index (κ3) is 5.28. The van der Waals surface area contributed by atoms with Gasteiger partial charge in [0, 0.05) is 5.69 Å². The van der Waals surface area contributed by atoms with E-state index in [9.17, 15) is 14.7 Å². The number of carboxylic acid groups (broad SMARTS) is 1. The lowest BCUT2D eigenvalue weighted by atomic mass is 10.1. The highest BCUT2D eigenvalue weighted by Gasteiger charge is 2.06. The van der Waals surface area contributed by atoms with Crippen molar-refractivity contribution < 1.29 is 19.4 Å². The standard InChI is InChI=1S/C19H19NO4/c1-2-15-5-3-4-6-17(15)20-18(21)13-24-16-10-7-14(8-11-16)9-12-19(22)23/h3-12H,2,13H2,1H3,(H,20,21)(H,22,23)/p-1/b12-9+. The van der Waals surface area contributed by atoms with Crippen LogP contribution in [0.25, 0.3) is 6.08 Å². The maximum atomic E-state index is 12.0. The average Bonchev–Trinajstić information content (AvgIpc) is 2.59. The fraction of sp³-hybridized carbons (Fsp3) is 0.158. The van der Waals surface area contributed by atoms with Gasteiger partial charge < -0.3 is 20.0 Å². The number of benzene rings is 2. The van der Waals surface area contributed by atoms with Crippen LogP contribution in [0.15, 0.2) is 54.6 Å². The van der Waals surface area contributed by atoms with Crippen LogP contribution in [-0.2, 0) is 16.0 Å². The van der Waals surface area contributed by atoms with Crippen molar-refractivity contribution in [3.05, 3.63) is 65.7 Å². The lowest BCUT2D eigenvalue weighted by Crippen LogP contribution is -2.20. The molecule has 0 aromatic heterocycles. The number of carbonyl (C=O) groups is 2. The van der Waals surface area contributed by atoms with Gasteiger partial charge in [0.25, 0.3) is 5.91 Å². The summed E-state index contributed by atoms with van der Waals surface area (Å²) in [5.41, 5.74) is 2.55. The molecule has 24 heavy (non-hydrogen) atoms. The molecule has 2 aromatic carbocycles. The molecule has 0 spiro atoms. The topological polar surface area (TPSA) is 78.5 Å². The van der Waals surface area contributed by atoms with E-state index in [2.05, 4.69) is 5.32 Å². The van der Waals surface area contributed by atoms with Crippen molar-refractivity contribution in [2.24, 2.45) is 0 Å². The number of rotatable bonds is 7. The van der Waals surface area contributed by atoms with Crippen molar-refractivity contribution in [3.63, 3.8) is 0 Å². The van der Waals surface area contributed by atoms with Gasteiger partial charge in [0.05, 0.1) is 5.97 Å². The van der Waals surface area contributed by atoms with Crippen molar-refractivity contribution in [1.82, 2.24) is 0 Å². The van der Waals surface area contributed by atoms with E-state index in [0.717, 1.165) is 23.7 Å². The van der Waals surface area contributed by atoms with Crippen LogP contribution in [0.4, 0.5) is 5.69 Å². The van der Waals surface area contributed by atoms with Crippen LogP contribution in [-0.4, -0.2) is 18.5 Å². The number of carboxylic acids is 1. The first-order valence-corrected chi connectivity index (χ1v) is 7.58. The number of carbonyl (C=O) groups excluding carboxylic acids is 2. The van der Waals surface area contributed by atoms with Gasteiger partial charge in [0.15, 0.2) is 6.61 Å². The summed E-state index contributed by atoms with van der Waals surface area (Å²) in [6.07, 6.45) is 3.21. The zero-order valence-corrected chi connectivity index (χ0v) is 13.3.